The van der Waals surface area contributed by atoms with Crippen LogP contribution in [0.2, 0.25) is 0 Å². The fourth-order valence-electron chi connectivity index (χ4n) is 1.08. The number of carbonyl (C=O) groups is 1. The van der Waals surface area contributed by atoms with Crippen molar-refractivity contribution in [2.45, 2.75) is 12.8 Å². The molecule has 0 radical (unpaired) electrons. The molecule has 1 rings (SSSR count). The van der Waals surface area contributed by atoms with Crippen molar-refractivity contribution in [3.05, 3.63) is 0 Å². The summed E-state index contributed by atoms with van der Waals surface area (Å²) in [6.07, 6.45) is 1.41. The SMILES string of the molecule is N#CCCN1CCCNC1=O. The second kappa shape index (κ2) is 3.81. The van der Waals surface area contributed by atoms with E-state index in [1.807, 2.05) is 6.07 Å². The topological polar surface area (TPSA) is 56.1 Å². The van der Waals surface area contributed by atoms with E-state index < -0.39 is 0 Å². The van der Waals surface area contributed by atoms with Gasteiger partial charge in [0.2, 0.25) is 0 Å². The normalized spacial score (nSPS) is 17.4. The number of nitrogens with one attached hydrogen (secondary N) is 1. The molecule has 60 valence electrons. The molecule has 1 heterocycles. The lowest BCUT2D eigenvalue weighted by atomic mass is 10.3. The van der Waals surface area contributed by atoms with Gasteiger partial charge in [-0.05, 0) is 6.42 Å². The smallest absolute Gasteiger partial charge is 0.317 e. The third-order valence-electron chi connectivity index (χ3n) is 1.66. The molecule has 0 spiro atoms. The molecule has 0 unspecified atom stereocenters. The van der Waals surface area contributed by atoms with Crippen LogP contribution in [-0.2, 0) is 0 Å². The quantitative estimate of drug-likeness (QED) is 0.621. The number of hydrogen-bond acceptors (Lipinski definition) is 2. The number of urea groups is 1. The minimum atomic E-state index is -0.0356. The summed E-state index contributed by atoms with van der Waals surface area (Å²) in [6.45, 7) is 2.11. The highest BCUT2D eigenvalue weighted by molar-refractivity contribution is 5.74. The molecule has 11 heavy (non-hydrogen) atoms. The van der Waals surface area contributed by atoms with Crippen LogP contribution in [0.3, 0.4) is 0 Å². The molecule has 1 aliphatic rings. The molecule has 4 nitrogen and oxygen atoms in total. The molecule has 1 saturated heterocycles. The number of carbonyl (C=O) groups excluding carboxylic acids is 1. The van der Waals surface area contributed by atoms with E-state index >= 15 is 0 Å². The van der Waals surface area contributed by atoms with E-state index in [1.165, 1.54) is 0 Å². The Morgan fingerprint density at radius 1 is 1.73 bits per heavy atom. The molecule has 4 heteroatoms. The van der Waals surface area contributed by atoms with Crippen LogP contribution < -0.4 is 5.32 Å². The lowest BCUT2D eigenvalue weighted by Gasteiger charge is -2.26. The molecule has 0 aromatic rings. The molecule has 0 bridgehead atoms. The standard InChI is InChI=1S/C7H11N3O/c8-3-1-5-10-6-2-4-9-7(10)11/h1-2,4-6H2,(H,9,11). The molecule has 0 saturated carbocycles. The molecule has 0 atom stereocenters. The van der Waals surface area contributed by atoms with Gasteiger partial charge in [-0.1, -0.05) is 0 Å². The van der Waals surface area contributed by atoms with E-state index in [9.17, 15) is 4.79 Å². The molecule has 0 aromatic carbocycles. The van der Waals surface area contributed by atoms with Crippen molar-refractivity contribution >= 4 is 6.03 Å². The minimum Gasteiger partial charge on any atom is -0.338 e. The lowest BCUT2D eigenvalue weighted by molar-refractivity contribution is 0.187. The van der Waals surface area contributed by atoms with Gasteiger partial charge in [0.15, 0.2) is 0 Å². The third kappa shape index (κ3) is 2.11. The first-order valence-corrected chi connectivity index (χ1v) is 3.74. The molecule has 0 aliphatic carbocycles. The monoisotopic (exact) mass is 153 g/mol. The molecule has 2 amide bonds. The van der Waals surface area contributed by atoms with E-state index in [4.69, 9.17) is 5.26 Å². The van der Waals surface area contributed by atoms with Gasteiger partial charge in [0, 0.05) is 19.6 Å². The van der Waals surface area contributed by atoms with Gasteiger partial charge >= 0.3 is 6.03 Å². The number of nitrogens with zero attached hydrogens (tertiary/aromatic N) is 2. The van der Waals surface area contributed by atoms with Crippen LogP contribution in [0.4, 0.5) is 4.79 Å². The largest absolute Gasteiger partial charge is 0.338 e. The Morgan fingerprint density at radius 3 is 3.18 bits per heavy atom. The van der Waals surface area contributed by atoms with E-state index in [0.29, 0.717) is 13.0 Å². The molecule has 1 N–H and O–H groups in total. The Morgan fingerprint density at radius 2 is 2.55 bits per heavy atom. The minimum absolute atomic E-state index is 0.0356. The summed E-state index contributed by atoms with van der Waals surface area (Å²) in [4.78, 5) is 12.7. The van der Waals surface area contributed by atoms with Crippen molar-refractivity contribution in [3.8, 4) is 6.07 Å². The zero-order valence-corrected chi connectivity index (χ0v) is 6.34. The van der Waals surface area contributed by atoms with E-state index in [1.54, 1.807) is 4.90 Å². The summed E-state index contributed by atoms with van der Waals surface area (Å²) in [7, 11) is 0. The Labute approximate surface area is 65.8 Å². The van der Waals surface area contributed by atoms with E-state index in [2.05, 4.69) is 5.32 Å². The van der Waals surface area contributed by atoms with Gasteiger partial charge in [-0.15, -0.1) is 0 Å². The summed E-state index contributed by atoms with van der Waals surface area (Å²) in [5, 5.41) is 11.0. The number of amides is 2. The number of nitriles is 1. The van der Waals surface area contributed by atoms with Crippen LogP contribution >= 0.6 is 0 Å². The van der Waals surface area contributed by atoms with Crippen LogP contribution in [0.15, 0.2) is 0 Å². The van der Waals surface area contributed by atoms with Gasteiger partial charge in [0.1, 0.15) is 0 Å². The summed E-state index contributed by atoms with van der Waals surface area (Å²) >= 11 is 0. The van der Waals surface area contributed by atoms with Gasteiger partial charge in [-0.2, -0.15) is 5.26 Å². The first kappa shape index (κ1) is 7.86. The molecule has 1 aliphatic heterocycles. The van der Waals surface area contributed by atoms with E-state index in [0.717, 1.165) is 19.5 Å². The summed E-state index contributed by atoms with van der Waals surface area (Å²) in [6, 6.07) is 1.98. The fraction of sp³-hybridized carbons (Fsp3) is 0.714. The summed E-state index contributed by atoms with van der Waals surface area (Å²) in [5.41, 5.74) is 0. The first-order valence-electron chi connectivity index (χ1n) is 3.74. The molecule has 0 aromatic heterocycles. The fourth-order valence-corrected chi connectivity index (χ4v) is 1.08. The van der Waals surface area contributed by atoms with Gasteiger partial charge in [0.25, 0.3) is 0 Å². The third-order valence-corrected chi connectivity index (χ3v) is 1.66. The van der Waals surface area contributed by atoms with Crippen molar-refractivity contribution in [3.63, 3.8) is 0 Å². The maximum atomic E-state index is 11.0. The summed E-state index contributed by atoms with van der Waals surface area (Å²) < 4.78 is 0. The average molecular weight is 153 g/mol. The second-order valence-corrected chi connectivity index (χ2v) is 2.48. The van der Waals surface area contributed by atoms with Gasteiger partial charge in [-0.3, -0.25) is 0 Å². The van der Waals surface area contributed by atoms with Crippen LogP contribution in [0.25, 0.3) is 0 Å². The molecular weight excluding hydrogens is 142 g/mol. The van der Waals surface area contributed by atoms with Crippen molar-refractivity contribution < 1.29 is 4.79 Å². The van der Waals surface area contributed by atoms with Gasteiger partial charge < -0.3 is 10.2 Å². The molecule has 1 fully saturated rings. The Bertz CT molecular complexity index is 185. The Balaban J connectivity index is 2.31. The zero-order valence-electron chi connectivity index (χ0n) is 6.34. The van der Waals surface area contributed by atoms with Crippen molar-refractivity contribution in [2.24, 2.45) is 0 Å². The molecular formula is C7H11N3O. The maximum Gasteiger partial charge on any atom is 0.317 e. The number of rotatable bonds is 2. The number of hydrogen-bond donors (Lipinski definition) is 1. The predicted octanol–water partition coefficient (Wildman–Crippen LogP) is 0.315. The van der Waals surface area contributed by atoms with Crippen molar-refractivity contribution in [1.29, 1.82) is 5.26 Å². The highest BCUT2D eigenvalue weighted by Gasteiger charge is 2.15. The first-order chi connectivity index (χ1) is 5.34. The highest BCUT2D eigenvalue weighted by atomic mass is 16.2. The Kier molecular flexibility index (Phi) is 2.73. The van der Waals surface area contributed by atoms with Crippen molar-refractivity contribution in [1.82, 2.24) is 10.2 Å². The van der Waals surface area contributed by atoms with Crippen LogP contribution in [0.1, 0.15) is 12.8 Å². The average Bonchev–Trinajstić information content (AvgIpc) is 2.03. The second-order valence-electron chi connectivity index (χ2n) is 2.48. The summed E-state index contributed by atoms with van der Waals surface area (Å²) in [5.74, 6) is 0. The predicted molar refractivity (Wildman–Crippen MR) is 39.8 cm³/mol. The highest BCUT2D eigenvalue weighted by Crippen LogP contribution is 1.99. The van der Waals surface area contributed by atoms with Crippen LogP contribution in [0.5, 0.6) is 0 Å². The van der Waals surface area contributed by atoms with Crippen LogP contribution in [0, 0.1) is 11.3 Å². The Hall–Kier alpha value is -1.24. The van der Waals surface area contributed by atoms with E-state index in [-0.39, 0.29) is 6.03 Å². The maximum absolute atomic E-state index is 11.0. The van der Waals surface area contributed by atoms with Crippen LogP contribution in [-0.4, -0.2) is 30.6 Å². The van der Waals surface area contributed by atoms with Crippen molar-refractivity contribution in [2.75, 3.05) is 19.6 Å². The van der Waals surface area contributed by atoms with Gasteiger partial charge in [0.05, 0.1) is 12.5 Å². The van der Waals surface area contributed by atoms with Gasteiger partial charge in [-0.25, -0.2) is 4.79 Å². The lowest BCUT2D eigenvalue weighted by Crippen LogP contribution is -2.46. The zero-order chi connectivity index (χ0) is 8.10.